The zero-order valence-corrected chi connectivity index (χ0v) is 21.6. The van der Waals surface area contributed by atoms with Crippen LogP contribution in [0.3, 0.4) is 0 Å². The van der Waals surface area contributed by atoms with E-state index in [1.807, 2.05) is 111 Å². The molecule has 0 nitrogen and oxygen atoms in total. The first-order valence-corrected chi connectivity index (χ1v) is 9.43. The van der Waals surface area contributed by atoms with Crippen molar-refractivity contribution in [2.75, 3.05) is 0 Å². The average molecular weight is 429 g/mol. The van der Waals surface area contributed by atoms with Crippen LogP contribution >= 0.6 is 0 Å². The summed E-state index contributed by atoms with van der Waals surface area (Å²) in [4.78, 5) is 0. The highest BCUT2D eigenvalue weighted by molar-refractivity contribution is 7.49. The van der Waals surface area contributed by atoms with Crippen LogP contribution in [0.1, 0.15) is 111 Å². The lowest BCUT2D eigenvalue weighted by atomic mass is 9.08. The second kappa shape index (κ2) is 2230. The maximum absolute atomic E-state index is 8.00. The highest BCUT2D eigenvalue weighted by atomic mass is 20.0. The van der Waals surface area contributed by atoms with E-state index in [4.69, 9.17) is 27.4 Å². The van der Waals surface area contributed by atoms with Gasteiger partial charge in [-0.25, -0.2) is 0 Å². The third-order valence-electron chi connectivity index (χ3n) is 0. The minimum Gasteiger partial charge on any atom is -0.269 e. The van der Waals surface area contributed by atoms with Gasteiger partial charge in [-0.05, 0) is 0 Å². The normalized spacial score (nSPS) is 3.21. The third-order valence-corrected chi connectivity index (χ3v) is 0. The topological polar surface area (TPSA) is 0 Å². The zero-order chi connectivity index (χ0) is 25.6. The Morgan fingerprint density at radius 2 is 0.357 bits per heavy atom. The molecule has 0 heterocycles. The van der Waals surface area contributed by atoms with Crippen molar-refractivity contribution in [2.45, 2.75) is 111 Å². The van der Waals surface area contributed by atoms with Crippen molar-refractivity contribution in [1.82, 2.24) is 0 Å². The molecular weight excluding hydrogens is 379 g/mol. The fraction of sp³-hybridized carbons (Fsp3) is 1.00. The number of rotatable bonds is 0. The minimum atomic E-state index is -0.667. The van der Waals surface area contributed by atoms with Crippen LogP contribution in [0, 0.1) is 0 Å². The molecule has 0 N–H and O–H groups in total. The maximum atomic E-state index is 8.00. The third kappa shape index (κ3) is 583000. The van der Waals surface area contributed by atoms with E-state index in [0.717, 1.165) is 0 Å². The Bertz CT molecular complexity index is 44.1. The Hall–Kier alpha value is -0.165. The predicted molar refractivity (Wildman–Crippen MR) is 129 cm³/mol. The molecule has 0 aromatic carbocycles. The summed E-state index contributed by atoms with van der Waals surface area (Å²) in [5.41, 5.74) is 0. The molecule has 28 heavy (non-hydrogen) atoms. The fourth-order valence-electron chi connectivity index (χ4n) is 0. The SMILES string of the molecule is CC.CC.CC.CC.CC.CC.CC.CC.F.FF.FF.FF.[B].[B]B([B])[B]. The maximum Gasteiger partial charge on any atom is 0 e. The molecular formula is C16H49B5F7. The summed E-state index contributed by atoms with van der Waals surface area (Å²) in [6.45, 7) is 32.0. The Balaban J connectivity index is -0.00000000639. The lowest BCUT2D eigenvalue weighted by molar-refractivity contribution is 0.108. The average Bonchev–Trinajstić information content (AvgIpc) is 2.82. The van der Waals surface area contributed by atoms with Crippen LogP contribution in [0.5, 0.6) is 0 Å². The first kappa shape index (κ1) is 105. The van der Waals surface area contributed by atoms with Crippen molar-refractivity contribution in [3.63, 3.8) is 0 Å². The summed E-state index contributed by atoms with van der Waals surface area (Å²) < 4.78 is 48.0. The summed E-state index contributed by atoms with van der Waals surface area (Å²) >= 11 is 0. The number of halogens is 7. The molecule has 0 atom stereocenters. The predicted octanol–water partition coefficient (Wildman–Crippen LogP) is 8.98. The Kier molecular flexibility index (Phi) is 8340. The first-order valence-electron chi connectivity index (χ1n) is 9.43. The van der Waals surface area contributed by atoms with Gasteiger partial charge in [0.1, 0.15) is 0 Å². The van der Waals surface area contributed by atoms with Gasteiger partial charge < -0.3 is 0 Å². The Morgan fingerprint density at radius 3 is 0.357 bits per heavy atom. The van der Waals surface area contributed by atoms with E-state index in [0.29, 0.717) is 0 Å². The van der Waals surface area contributed by atoms with Gasteiger partial charge in [0.15, 0.2) is 0 Å². The molecule has 0 aliphatic carbocycles. The standard InChI is InChI=1S/8C2H6.B4.B.3F2.FH/c8*1-2;1-4(2)3;;3*1-2;/h8*1-2H3;;;;;;1H. The van der Waals surface area contributed by atoms with Crippen molar-refractivity contribution in [3.05, 3.63) is 0 Å². The van der Waals surface area contributed by atoms with E-state index in [9.17, 15) is 0 Å². The van der Waals surface area contributed by atoms with Crippen LogP contribution in [0.15, 0.2) is 0 Å². The molecule has 0 aromatic rings. The van der Waals surface area contributed by atoms with Gasteiger partial charge in [-0.15, -0.1) is 0 Å². The van der Waals surface area contributed by atoms with Crippen molar-refractivity contribution in [2.24, 2.45) is 0 Å². The lowest BCUT2D eigenvalue weighted by Gasteiger charge is -1.73. The van der Waals surface area contributed by atoms with Gasteiger partial charge in [0.2, 0.25) is 0 Å². The van der Waals surface area contributed by atoms with Crippen LogP contribution in [0.25, 0.3) is 0 Å². The molecule has 0 unspecified atom stereocenters. The molecule has 0 aromatic heterocycles. The Labute approximate surface area is 181 Å². The highest BCUT2D eigenvalue weighted by Gasteiger charge is 1.73. The number of hydrogen-bond acceptors (Lipinski definition) is 0. The van der Waals surface area contributed by atoms with Crippen molar-refractivity contribution >= 4 is 38.0 Å². The van der Waals surface area contributed by atoms with Gasteiger partial charge in [0.25, 0.3) is 0 Å². The Morgan fingerprint density at radius 1 is 0.357 bits per heavy atom. The molecule has 0 saturated carbocycles. The fourth-order valence-corrected chi connectivity index (χ4v) is 0. The quantitative estimate of drug-likeness (QED) is 0.267. The van der Waals surface area contributed by atoms with Gasteiger partial charge in [0.05, 0.1) is 0 Å². The summed E-state index contributed by atoms with van der Waals surface area (Å²) in [6, 6.07) is 0. The molecule has 0 aliphatic heterocycles. The van der Waals surface area contributed by atoms with E-state index in [1.165, 1.54) is 0 Å². The second-order valence-corrected chi connectivity index (χ2v) is 0.577. The lowest BCUT2D eigenvalue weighted by Crippen LogP contribution is -2.11. The molecule has 0 rings (SSSR count). The second-order valence-electron chi connectivity index (χ2n) is 0.577. The first-order chi connectivity index (χ1) is 12.7. The molecule has 12 heteroatoms. The van der Waals surface area contributed by atoms with Gasteiger partial charge in [-0.1, -0.05) is 111 Å². The molecule has 0 bridgehead atoms. The molecule has 9 radical (unpaired) electrons. The molecule has 0 spiro atoms. The van der Waals surface area contributed by atoms with Crippen LogP contribution in [0.2, 0.25) is 0 Å². The summed E-state index contributed by atoms with van der Waals surface area (Å²) in [7, 11) is 14.0. The smallest absolute Gasteiger partial charge is 0 e. The largest absolute Gasteiger partial charge is 0.269 e. The van der Waals surface area contributed by atoms with E-state index in [2.05, 4.69) is 23.2 Å². The summed E-state index contributed by atoms with van der Waals surface area (Å²) in [5, 5.41) is 0. The minimum absolute atomic E-state index is 0. The van der Waals surface area contributed by atoms with E-state index >= 15 is 0 Å². The van der Waals surface area contributed by atoms with E-state index in [-0.39, 0.29) is 13.1 Å². The number of hydrogen-bond donors (Lipinski definition) is 0. The van der Waals surface area contributed by atoms with Crippen LogP contribution in [-0.2, 0) is 0 Å². The summed E-state index contributed by atoms with van der Waals surface area (Å²) in [6.07, 6.45) is -0.667. The molecule has 177 valence electrons. The van der Waals surface area contributed by atoms with Gasteiger partial charge in [0, 0.05) is 65.5 Å². The van der Waals surface area contributed by atoms with Crippen LogP contribution in [-0.4, -0.2) is 38.0 Å². The van der Waals surface area contributed by atoms with Gasteiger partial charge >= 0.3 is 0 Å². The van der Waals surface area contributed by atoms with Gasteiger partial charge in [-0.3, -0.25) is 4.70 Å². The molecule has 0 amide bonds. The highest BCUT2D eigenvalue weighted by Crippen LogP contribution is 1.42. The van der Waals surface area contributed by atoms with E-state index < -0.39 is 6.39 Å². The molecule has 0 aliphatic rings. The van der Waals surface area contributed by atoms with Crippen molar-refractivity contribution in [1.29, 1.82) is 0 Å². The van der Waals surface area contributed by atoms with E-state index in [1.54, 1.807) is 0 Å². The molecule has 0 fully saturated rings. The zero-order valence-electron chi connectivity index (χ0n) is 21.6. The molecule has 0 saturated heterocycles. The summed E-state index contributed by atoms with van der Waals surface area (Å²) in [5.74, 6) is 0. The van der Waals surface area contributed by atoms with Gasteiger partial charge in [-0.2, -0.15) is 0 Å². The monoisotopic (exact) mass is 429 g/mol. The van der Waals surface area contributed by atoms with Crippen LogP contribution < -0.4 is 0 Å². The van der Waals surface area contributed by atoms with Crippen molar-refractivity contribution in [3.8, 4) is 0 Å². The van der Waals surface area contributed by atoms with Crippen LogP contribution in [0.4, 0.5) is 32.1 Å². The van der Waals surface area contributed by atoms with Crippen molar-refractivity contribution < 1.29 is 32.1 Å².